The maximum absolute atomic E-state index is 11.6. The Bertz CT molecular complexity index is 450. The van der Waals surface area contributed by atoms with Crippen molar-refractivity contribution in [2.45, 2.75) is 13.0 Å². The zero-order valence-electron chi connectivity index (χ0n) is 8.55. The number of carboxylic acid groups (broad SMARTS) is 1. The van der Waals surface area contributed by atoms with E-state index in [9.17, 15) is 9.59 Å². The number of aliphatic carboxylic acids is 1. The van der Waals surface area contributed by atoms with Crippen LogP contribution in [0.15, 0.2) is 23.6 Å². The van der Waals surface area contributed by atoms with Gasteiger partial charge in [-0.25, -0.2) is 4.79 Å². The van der Waals surface area contributed by atoms with Gasteiger partial charge in [0.1, 0.15) is 0 Å². The van der Waals surface area contributed by atoms with Crippen LogP contribution in [0.4, 0.5) is 0 Å². The summed E-state index contributed by atoms with van der Waals surface area (Å²) in [7, 11) is 0. The van der Waals surface area contributed by atoms with Crippen LogP contribution in [0.2, 0.25) is 0 Å². The molecule has 2 heterocycles. The first-order valence-electron chi connectivity index (χ1n) is 4.92. The molecular weight excluding hydrogens is 226 g/mol. The van der Waals surface area contributed by atoms with Gasteiger partial charge in [0.25, 0.3) is 0 Å². The number of thiophene rings is 1. The van der Waals surface area contributed by atoms with E-state index in [1.165, 1.54) is 10.4 Å². The Labute approximate surface area is 96.8 Å². The molecule has 0 fully saturated rings. The minimum Gasteiger partial charge on any atom is -0.478 e. The monoisotopic (exact) mass is 237 g/mol. The Morgan fingerprint density at radius 1 is 1.44 bits per heavy atom. The molecule has 16 heavy (non-hydrogen) atoms. The number of fused-ring (bicyclic) bond motifs is 1. The van der Waals surface area contributed by atoms with Crippen LogP contribution in [-0.4, -0.2) is 28.4 Å². The molecule has 1 N–H and O–H groups in total. The summed E-state index contributed by atoms with van der Waals surface area (Å²) in [5.74, 6) is -1.33. The van der Waals surface area contributed by atoms with Gasteiger partial charge in [-0.3, -0.25) is 4.79 Å². The minimum atomic E-state index is -1.10. The van der Waals surface area contributed by atoms with Crippen LogP contribution in [0.25, 0.3) is 0 Å². The number of carbonyl (C=O) groups is 2. The van der Waals surface area contributed by atoms with E-state index in [0.717, 1.165) is 18.6 Å². The first kappa shape index (κ1) is 10.9. The smallest absolute Gasteiger partial charge is 0.328 e. The molecule has 1 aliphatic heterocycles. The van der Waals surface area contributed by atoms with Gasteiger partial charge < -0.3 is 10.0 Å². The summed E-state index contributed by atoms with van der Waals surface area (Å²) in [4.78, 5) is 24.9. The van der Waals surface area contributed by atoms with Crippen molar-refractivity contribution in [2.75, 3.05) is 6.54 Å². The van der Waals surface area contributed by atoms with Crippen molar-refractivity contribution in [3.63, 3.8) is 0 Å². The molecule has 2 rings (SSSR count). The van der Waals surface area contributed by atoms with Gasteiger partial charge in [-0.05, 0) is 23.4 Å². The molecule has 0 atom stereocenters. The molecule has 0 unspecified atom stereocenters. The van der Waals surface area contributed by atoms with E-state index < -0.39 is 5.97 Å². The minimum absolute atomic E-state index is 0.237. The lowest BCUT2D eigenvalue weighted by atomic mass is 10.1. The lowest BCUT2D eigenvalue weighted by molar-refractivity contribution is -0.132. The fourth-order valence-electron chi connectivity index (χ4n) is 1.68. The highest BCUT2D eigenvalue weighted by atomic mass is 32.1. The first-order valence-corrected chi connectivity index (χ1v) is 5.80. The molecule has 0 bridgehead atoms. The van der Waals surface area contributed by atoms with Crippen LogP contribution in [0, 0.1) is 0 Å². The predicted octanol–water partition coefficient (Wildman–Crippen LogP) is 1.27. The summed E-state index contributed by atoms with van der Waals surface area (Å²) < 4.78 is 0. The third-order valence-corrected chi connectivity index (χ3v) is 3.51. The third kappa shape index (κ3) is 2.30. The molecule has 1 aliphatic rings. The molecule has 0 spiro atoms. The van der Waals surface area contributed by atoms with Crippen molar-refractivity contribution < 1.29 is 14.7 Å². The molecule has 4 nitrogen and oxygen atoms in total. The van der Waals surface area contributed by atoms with Crippen molar-refractivity contribution in [1.29, 1.82) is 0 Å². The summed E-state index contributed by atoms with van der Waals surface area (Å²) in [5, 5.41) is 10.4. The lowest BCUT2D eigenvalue weighted by Gasteiger charge is -2.25. The average Bonchev–Trinajstić information content (AvgIpc) is 2.72. The Kier molecular flexibility index (Phi) is 3.05. The van der Waals surface area contributed by atoms with Crippen molar-refractivity contribution >= 4 is 23.2 Å². The van der Waals surface area contributed by atoms with Crippen LogP contribution in [0.3, 0.4) is 0 Å². The second-order valence-electron chi connectivity index (χ2n) is 3.55. The third-order valence-electron chi connectivity index (χ3n) is 2.49. The SMILES string of the molecule is O=C(O)C=CC(=O)N1CCc2sccc2C1. The summed E-state index contributed by atoms with van der Waals surface area (Å²) in [6.07, 6.45) is 2.85. The molecular formula is C11H11NO3S. The molecule has 0 aromatic carbocycles. The van der Waals surface area contributed by atoms with Crippen molar-refractivity contribution in [2.24, 2.45) is 0 Å². The lowest BCUT2D eigenvalue weighted by Crippen LogP contribution is -2.34. The topological polar surface area (TPSA) is 57.6 Å². The maximum atomic E-state index is 11.6. The van der Waals surface area contributed by atoms with Gasteiger partial charge in [-0.15, -0.1) is 11.3 Å². The van der Waals surface area contributed by atoms with Gasteiger partial charge >= 0.3 is 5.97 Å². The Hall–Kier alpha value is -1.62. The van der Waals surface area contributed by atoms with Crippen LogP contribution in [0.1, 0.15) is 10.4 Å². The van der Waals surface area contributed by atoms with E-state index in [0.29, 0.717) is 13.1 Å². The average molecular weight is 237 g/mol. The molecule has 0 aliphatic carbocycles. The molecule has 1 amide bonds. The summed E-state index contributed by atoms with van der Waals surface area (Å²) in [6.45, 7) is 1.25. The highest BCUT2D eigenvalue weighted by Gasteiger charge is 2.19. The molecule has 5 heteroatoms. The molecule has 1 aromatic rings. The first-order chi connectivity index (χ1) is 7.66. The second-order valence-corrected chi connectivity index (χ2v) is 4.55. The van der Waals surface area contributed by atoms with Crippen LogP contribution < -0.4 is 0 Å². The highest BCUT2D eigenvalue weighted by Crippen LogP contribution is 2.23. The van der Waals surface area contributed by atoms with Gasteiger partial charge in [-0.2, -0.15) is 0 Å². The van der Waals surface area contributed by atoms with E-state index >= 15 is 0 Å². The standard InChI is InChI=1S/C11H11NO3S/c13-10(1-2-11(14)15)12-5-3-9-8(7-12)4-6-16-9/h1-2,4,6H,3,5,7H2,(H,14,15). The number of hydrogen-bond donors (Lipinski definition) is 1. The summed E-state index contributed by atoms with van der Waals surface area (Å²) in [5.41, 5.74) is 1.17. The molecule has 84 valence electrons. The number of carbonyl (C=O) groups excluding carboxylic acids is 1. The van der Waals surface area contributed by atoms with Gasteiger partial charge in [0.2, 0.25) is 5.91 Å². The molecule has 0 saturated carbocycles. The second kappa shape index (κ2) is 4.49. The number of amides is 1. The quantitative estimate of drug-likeness (QED) is 0.788. The zero-order chi connectivity index (χ0) is 11.5. The van der Waals surface area contributed by atoms with Crippen molar-refractivity contribution in [1.82, 2.24) is 4.90 Å². The van der Waals surface area contributed by atoms with E-state index in [1.807, 2.05) is 11.4 Å². The van der Waals surface area contributed by atoms with Crippen LogP contribution >= 0.6 is 11.3 Å². The van der Waals surface area contributed by atoms with Gasteiger partial charge in [0, 0.05) is 30.1 Å². The van der Waals surface area contributed by atoms with Crippen molar-refractivity contribution in [3.8, 4) is 0 Å². The summed E-state index contributed by atoms with van der Waals surface area (Å²) in [6, 6.07) is 2.01. The Balaban J connectivity index is 2.03. The number of rotatable bonds is 2. The summed E-state index contributed by atoms with van der Waals surface area (Å²) >= 11 is 1.71. The molecule has 0 saturated heterocycles. The fourth-order valence-corrected chi connectivity index (χ4v) is 2.57. The largest absolute Gasteiger partial charge is 0.478 e. The van der Waals surface area contributed by atoms with E-state index in [4.69, 9.17) is 5.11 Å². The van der Waals surface area contributed by atoms with Crippen LogP contribution in [-0.2, 0) is 22.6 Å². The fraction of sp³-hybridized carbons (Fsp3) is 0.273. The van der Waals surface area contributed by atoms with Gasteiger partial charge in [-0.1, -0.05) is 0 Å². The van der Waals surface area contributed by atoms with E-state index in [-0.39, 0.29) is 5.91 Å². The Morgan fingerprint density at radius 2 is 2.25 bits per heavy atom. The van der Waals surface area contributed by atoms with E-state index in [1.54, 1.807) is 16.2 Å². The van der Waals surface area contributed by atoms with Crippen molar-refractivity contribution in [3.05, 3.63) is 34.0 Å². The number of hydrogen-bond acceptors (Lipinski definition) is 3. The molecule has 1 aromatic heterocycles. The van der Waals surface area contributed by atoms with Gasteiger partial charge in [0.15, 0.2) is 0 Å². The Morgan fingerprint density at radius 3 is 3.00 bits per heavy atom. The predicted molar refractivity (Wildman–Crippen MR) is 60.2 cm³/mol. The zero-order valence-corrected chi connectivity index (χ0v) is 9.37. The van der Waals surface area contributed by atoms with Gasteiger partial charge in [0.05, 0.1) is 0 Å². The number of carboxylic acids is 1. The maximum Gasteiger partial charge on any atom is 0.328 e. The van der Waals surface area contributed by atoms with Crippen LogP contribution in [0.5, 0.6) is 0 Å². The van der Waals surface area contributed by atoms with E-state index in [2.05, 4.69) is 0 Å². The highest BCUT2D eigenvalue weighted by molar-refractivity contribution is 7.10. The normalized spacial score (nSPS) is 15.1. The number of nitrogens with zero attached hydrogens (tertiary/aromatic N) is 1. The molecule has 0 radical (unpaired) electrons.